The summed E-state index contributed by atoms with van der Waals surface area (Å²) in [5, 5.41) is 0. The van der Waals surface area contributed by atoms with Crippen LogP contribution in [0.4, 0.5) is 5.69 Å². The molecule has 17 heavy (non-hydrogen) atoms. The van der Waals surface area contributed by atoms with Gasteiger partial charge in [0.1, 0.15) is 0 Å². The number of rotatable bonds is 3. The normalized spacial score (nSPS) is 22.7. The van der Waals surface area contributed by atoms with Gasteiger partial charge in [-0.15, -0.1) is 0 Å². The van der Waals surface area contributed by atoms with E-state index >= 15 is 0 Å². The highest BCUT2D eigenvalue weighted by molar-refractivity contribution is 6.18. The number of amides is 1. The predicted octanol–water partition coefficient (Wildman–Crippen LogP) is 0.484. The minimum absolute atomic E-state index is 0.101. The van der Waals surface area contributed by atoms with Crippen LogP contribution in [0.3, 0.4) is 0 Å². The van der Waals surface area contributed by atoms with Crippen molar-refractivity contribution in [2.75, 3.05) is 4.92 Å². The largest absolute Gasteiger partial charge is 0.340 e. The standard InChI is InChI=1S/C11H15BN2O3/c1-7(15)13-14(12)10-5-3-9(4-6-10)11-16-8(2)17-11/h3-6,8,11H,12H2,1-2H3,(H,13,15). The van der Waals surface area contributed by atoms with Crippen LogP contribution in [0.2, 0.25) is 0 Å². The molecule has 0 saturated carbocycles. The maximum absolute atomic E-state index is 10.9. The fraction of sp³-hybridized carbons (Fsp3) is 0.364. The third kappa shape index (κ3) is 2.78. The molecule has 0 unspecified atom stereocenters. The van der Waals surface area contributed by atoms with Gasteiger partial charge in [0.05, 0.1) is 0 Å². The highest BCUT2D eigenvalue weighted by Gasteiger charge is 2.28. The Labute approximate surface area is 101 Å². The van der Waals surface area contributed by atoms with Crippen LogP contribution in [0, 0.1) is 0 Å². The van der Waals surface area contributed by atoms with E-state index in [0.29, 0.717) is 0 Å². The fourth-order valence-electron chi connectivity index (χ4n) is 1.67. The van der Waals surface area contributed by atoms with Crippen molar-refractivity contribution < 1.29 is 14.3 Å². The molecule has 1 fully saturated rings. The van der Waals surface area contributed by atoms with E-state index in [2.05, 4.69) is 5.43 Å². The number of nitrogens with one attached hydrogen (secondary N) is 1. The number of anilines is 1. The minimum Gasteiger partial charge on any atom is -0.340 e. The Morgan fingerprint density at radius 1 is 1.35 bits per heavy atom. The summed E-state index contributed by atoms with van der Waals surface area (Å²) in [6.07, 6.45) is -0.383. The van der Waals surface area contributed by atoms with Gasteiger partial charge >= 0.3 is 0 Å². The number of carbonyl (C=O) groups is 1. The second-order valence-electron chi connectivity index (χ2n) is 3.99. The molecule has 1 saturated heterocycles. The predicted molar refractivity (Wildman–Crippen MR) is 65.7 cm³/mol. The molecule has 1 heterocycles. The summed E-state index contributed by atoms with van der Waals surface area (Å²) in [5.74, 6) is -0.101. The average Bonchev–Trinajstić information content (AvgIpc) is 2.24. The summed E-state index contributed by atoms with van der Waals surface area (Å²) in [6, 6.07) is 7.65. The van der Waals surface area contributed by atoms with Gasteiger partial charge in [-0.25, -0.2) is 0 Å². The van der Waals surface area contributed by atoms with Crippen LogP contribution in [0.15, 0.2) is 24.3 Å². The lowest BCUT2D eigenvalue weighted by Crippen LogP contribution is -2.39. The van der Waals surface area contributed by atoms with Crippen molar-refractivity contribution in [3.63, 3.8) is 0 Å². The molecule has 0 atom stereocenters. The van der Waals surface area contributed by atoms with E-state index < -0.39 is 0 Å². The number of hydrazine groups is 1. The first-order chi connectivity index (χ1) is 8.06. The highest BCUT2D eigenvalue weighted by Crippen LogP contribution is 2.31. The molecule has 5 nitrogen and oxygen atoms in total. The second kappa shape index (κ2) is 4.77. The Morgan fingerprint density at radius 3 is 2.41 bits per heavy atom. The maximum Gasteiger partial charge on any atom is 0.246 e. The van der Waals surface area contributed by atoms with Gasteiger partial charge in [0.2, 0.25) is 13.9 Å². The molecule has 0 aromatic heterocycles. The van der Waals surface area contributed by atoms with E-state index in [9.17, 15) is 4.79 Å². The van der Waals surface area contributed by atoms with Crippen molar-refractivity contribution in [3.8, 4) is 0 Å². The first-order valence-electron chi connectivity index (χ1n) is 5.48. The van der Waals surface area contributed by atoms with Gasteiger partial charge in [-0.1, -0.05) is 12.1 Å². The molecule has 1 aromatic rings. The number of hydrogen-bond acceptors (Lipinski definition) is 4. The monoisotopic (exact) mass is 234 g/mol. The number of benzene rings is 1. The second-order valence-corrected chi connectivity index (χ2v) is 3.99. The number of hydrogen-bond donors (Lipinski definition) is 1. The van der Waals surface area contributed by atoms with Crippen molar-refractivity contribution in [1.82, 2.24) is 5.43 Å². The quantitative estimate of drug-likeness (QED) is 0.610. The summed E-state index contributed by atoms with van der Waals surface area (Å²) >= 11 is 0. The SMILES string of the molecule is BN(NC(C)=O)c1ccc(C2OC(C)O2)cc1. The molecule has 0 spiro atoms. The van der Waals surface area contributed by atoms with E-state index in [1.807, 2.05) is 31.2 Å². The number of carbonyl (C=O) groups excluding carboxylic acids is 1. The van der Waals surface area contributed by atoms with E-state index in [4.69, 9.17) is 9.47 Å². The van der Waals surface area contributed by atoms with Gasteiger partial charge in [-0.05, 0) is 19.1 Å². The van der Waals surface area contributed by atoms with E-state index in [1.54, 1.807) is 12.9 Å². The first kappa shape index (κ1) is 11.9. The van der Waals surface area contributed by atoms with Gasteiger partial charge in [-0.2, -0.15) is 0 Å². The molecule has 1 aliphatic heterocycles. The molecule has 1 aliphatic rings. The molecule has 2 rings (SSSR count). The van der Waals surface area contributed by atoms with Crippen LogP contribution in [0.5, 0.6) is 0 Å². The van der Waals surface area contributed by atoms with E-state index in [-0.39, 0.29) is 18.5 Å². The first-order valence-corrected chi connectivity index (χ1v) is 5.48. The fourth-order valence-corrected chi connectivity index (χ4v) is 1.67. The Kier molecular flexibility index (Phi) is 3.35. The molecule has 1 amide bonds. The summed E-state index contributed by atoms with van der Waals surface area (Å²) in [7, 11) is 1.79. The van der Waals surface area contributed by atoms with Crippen LogP contribution in [0.1, 0.15) is 25.7 Å². The number of nitrogens with zero attached hydrogens (tertiary/aromatic N) is 1. The Hall–Kier alpha value is -1.53. The lowest BCUT2D eigenvalue weighted by Gasteiger charge is -2.34. The Morgan fingerprint density at radius 2 is 1.94 bits per heavy atom. The Balaban J connectivity index is 2.00. The molecule has 6 heteroatoms. The van der Waals surface area contributed by atoms with Crippen LogP contribution in [0.25, 0.3) is 0 Å². The molecule has 90 valence electrons. The molecular weight excluding hydrogens is 219 g/mol. The van der Waals surface area contributed by atoms with Crippen molar-refractivity contribution in [2.24, 2.45) is 0 Å². The van der Waals surface area contributed by atoms with Gasteiger partial charge in [0.25, 0.3) is 0 Å². The lowest BCUT2D eigenvalue weighted by atomic mass is 10.1. The molecule has 1 N–H and O–H groups in total. The van der Waals surface area contributed by atoms with Crippen LogP contribution < -0.4 is 10.3 Å². The maximum atomic E-state index is 10.9. The Bertz CT molecular complexity index is 404. The molecule has 0 aliphatic carbocycles. The van der Waals surface area contributed by atoms with Crippen LogP contribution >= 0.6 is 0 Å². The van der Waals surface area contributed by atoms with Crippen molar-refractivity contribution in [2.45, 2.75) is 26.4 Å². The van der Waals surface area contributed by atoms with Gasteiger partial charge in [0.15, 0.2) is 12.6 Å². The van der Waals surface area contributed by atoms with Gasteiger partial charge in [-0.3, -0.25) is 10.2 Å². The van der Waals surface area contributed by atoms with E-state index in [1.165, 1.54) is 6.92 Å². The smallest absolute Gasteiger partial charge is 0.246 e. The average molecular weight is 234 g/mol. The third-order valence-corrected chi connectivity index (χ3v) is 2.51. The van der Waals surface area contributed by atoms with E-state index in [0.717, 1.165) is 11.3 Å². The minimum atomic E-state index is -0.259. The zero-order valence-electron chi connectivity index (χ0n) is 10.1. The van der Waals surface area contributed by atoms with Gasteiger partial charge in [0, 0.05) is 18.2 Å². The number of ether oxygens (including phenoxy) is 2. The summed E-state index contributed by atoms with van der Waals surface area (Å²) < 4.78 is 10.8. The van der Waals surface area contributed by atoms with Crippen molar-refractivity contribution in [1.29, 1.82) is 0 Å². The zero-order chi connectivity index (χ0) is 12.4. The van der Waals surface area contributed by atoms with Gasteiger partial charge < -0.3 is 14.4 Å². The molecule has 0 radical (unpaired) electrons. The van der Waals surface area contributed by atoms with Crippen molar-refractivity contribution >= 4 is 19.6 Å². The topological polar surface area (TPSA) is 50.8 Å². The zero-order valence-corrected chi connectivity index (χ0v) is 10.1. The van der Waals surface area contributed by atoms with Crippen LogP contribution in [-0.2, 0) is 14.3 Å². The van der Waals surface area contributed by atoms with Crippen LogP contribution in [-0.4, -0.2) is 20.2 Å². The molecule has 1 aromatic carbocycles. The third-order valence-electron chi connectivity index (χ3n) is 2.51. The molecule has 0 bridgehead atoms. The van der Waals surface area contributed by atoms with Crippen molar-refractivity contribution in [3.05, 3.63) is 29.8 Å². The summed E-state index contributed by atoms with van der Waals surface area (Å²) in [4.78, 5) is 12.6. The summed E-state index contributed by atoms with van der Waals surface area (Å²) in [6.45, 7) is 3.33. The molecular formula is C11H15BN2O3. The highest BCUT2D eigenvalue weighted by atomic mass is 16.9. The summed E-state index contributed by atoms with van der Waals surface area (Å²) in [5.41, 5.74) is 4.55. The lowest BCUT2D eigenvalue weighted by molar-refractivity contribution is -0.382.